The van der Waals surface area contributed by atoms with Gasteiger partial charge in [-0.25, -0.2) is 0 Å². The van der Waals surface area contributed by atoms with Crippen molar-refractivity contribution in [1.29, 1.82) is 0 Å². The second kappa shape index (κ2) is 3.70. The van der Waals surface area contributed by atoms with Gasteiger partial charge in [-0.05, 0) is 38.0 Å². The van der Waals surface area contributed by atoms with E-state index in [0.29, 0.717) is 12.5 Å². The van der Waals surface area contributed by atoms with Gasteiger partial charge in [0.15, 0.2) is 0 Å². The van der Waals surface area contributed by atoms with E-state index in [4.69, 9.17) is 16.3 Å². The zero-order chi connectivity index (χ0) is 11.1. The fourth-order valence-electron chi connectivity index (χ4n) is 2.04. The molecule has 0 saturated heterocycles. The second-order valence-corrected chi connectivity index (χ2v) is 4.55. The molecule has 1 aromatic carbocycles. The molecule has 1 aliphatic carbocycles. The number of aromatic nitrogens is 1. The molecular formula is C13H13ClNO. The summed E-state index contributed by atoms with van der Waals surface area (Å²) in [5.74, 6) is 1.46. The molecule has 0 spiro atoms. The number of ether oxygens (including phenoxy) is 1. The molecule has 83 valence electrons. The first-order chi connectivity index (χ1) is 7.81. The standard InChI is InChI=1S/C13H13ClNO/c1-2-16-10-5-3-4-9-11(14)12(8-6-7-8)15-13(9)10/h4-5,8,15H,2,6-7H2,1H3. The van der Waals surface area contributed by atoms with E-state index < -0.39 is 0 Å². The van der Waals surface area contributed by atoms with Crippen molar-refractivity contribution >= 4 is 22.5 Å². The lowest BCUT2D eigenvalue weighted by atomic mass is 10.2. The van der Waals surface area contributed by atoms with Crippen LogP contribution in [0.15, 0.2) is 12.1 Å². The molecule has 3 rings (SSSR count). The van der Waals surface area contributed by atoms with Gasteiger partial charge in [0.05, 0.1) is 17.1 Å². The Morgan fingerprint density at radius 3 is 3.00 bits per heavy atom. The van der Waals surface area contributed by atoms with Crippen LogP contribution in [0.5, 0.6) is 5.75 Å². The predicted molar refractivity (Wildman–Crippen MR) is 65.3 cm³/mol. The highest BCUT2D eigenvalue weighted by Crippen LogP contribution is 2.46. The molecule has 1 N–H and O–H groups in total. The lowest BCUT2D eigenvalue weighted by Crippen LogP contribution is -1.91. The van der Waals surface area contributed by atoms with Crippen LogP contribution in [0.1, 0.15) is 31.4 Å². The highest BCUT2D eigenvalue weighted by atomic mass is 35.5. The van der Waals surface area contributed by atoms with E-state index in [9.17, 15) is 0 Å². The average molecular weight is 235 g/mol. The van der Waals surface area contributed by atoms with Gasteiger partial charge in [0.2, 0.25) is 0 Å². The highest BCUT2D eigenvalue weighted by Gasteiger charge is 2.28. The number of nitrogens with one attached hydrogen (secondary N) is 1. The predicted octanol–water partition coefficient (Wildman–Crippen LogP) is 3.90. The lowest BCUT2D eigenvalue weighted by molar-refractivity contribution is 0.343. The van der Waals surface area contributed by atoms with Crippen molar-refractivity contribution in [2.75, 3.05) is 6.61 Å². The van der Waals surface area contributed by atoms with Crippen LogP contribution in [0.3, 0.4) is 0 Å². The minimum Gasteiger partial charge on any atom is -0.492 e. The van der Waals surface area contributed by atoms with Crippen molar-refractivity contribution in [1.82, 2.24) is 4.98 Å². The zero-order valence-corrected chi connectivity index (χ0v) is 9.90. The lowest BCUT2D eigenvalue weighted by Gasteiger charge is -2.03. The molecule has 0 atom stereocenters. The monoisotopic (exact) mass is 234 g/mol. The van der Waals surface area contributed by atoms with Crippen LogP contribution in [0.25, 0.3) is 10.9 Å². The van der Waals surface area contributed by atoms with Gasteiger partial charge in [-0.2, -0.15) is 0 Å². The molecule has 1 heterocycles. The minimum atomic E-state index is 0.620. The van der Waals surface area contributed by atoms with Crippen molar-refractivity contribution in [3.8, 4) is 5.75 Å². The Balaban J connectivity index is 2.19. The molecule has 3 heteroatoms. The molecule has 0 unspecified atom stereocenters. The maximum atomic E-state index is 6.36. The number of rotatable bonds is 3. The molecule has 1 radical (unpaired) electrons. The quantitative estimate of drug-likeness (QED) is 0.856. The van der Waals surface area contributed by atoms with Crippen LogP contribution in [-0.4, -0.2) is 11.6 Å². The molecule has 2 aromatic rings. The van der Waals surface area contributed by atoms with Gasteiger partial charge in [0, 0.05) is 17.0 Å². The highest BCUT2D eigenvalue weighted by molar-refractivity contribution is 6.36. The molecule has 16 heavy (non-hydrogen) atoms. The molecule has 1 aliphatic rings. The van der Waals surface area contributed by atoms with Gasteiger partial charge in [0.25, 0.3) is 0 Å². The smallest absolute Gasteiger partial charge is 0.143 e. The number of halogens is 1. The molecule has 1 saturated carbocycles. The summed E-state index contributed by atoms with van der Waals surface area (Å²) < 4.78 is 5.57. The van der Waals surface area contributed by atoms with Crippen LogP contribution >= 0.6 is 11.6 Å². The van der Waals surface area contributed by atoms with Crippen molar-refractivity contribution in [2.45, 2.75) is 25.7 Å². The third kappa shape index (κ3) is 1.49. The van der Waals surface area contributed by atoms with E-state index in [1.165, 1.54) is 12.8 Å². The van der Waals surface area contributed by atoms with Crippen LogP contribution in [0, 0.1) is 6.07 Å². The van der Waals surface area contributed by atoms with E-state index in [1.54, 1.807) is 0 Å². The SMILES string of the molecule is CCOc1c[c]cc2c(Cl)c(C3CC3)[nH]c12. The number of aromatic amines is 1. The maximum Gasteiger partial charge on any atom is 0.143 e. The summed E-state index contributed by atoms with van der Waals surface area (Å²) in [4.78, 5) is 3.40. The Kier molecular flexibility index (Phi) is 2.32. The van der Waals surface area contributed by atoms with Gasteiger partial charge in [0.1, 0.15) is 5.75 Å². The minimum absolute atomic E-state index is 0.620. The molecule has 0 bridgehead atoms. The summed E-state index contributed by atoms with van der Waals surface area (Å²) in [5, 5.41) is 1.87. The molecule has 1 aromatic heterocycles. The summed E-state index contributed by atoms with van der Waals surface area (Å²) >= 11 is 6.36. The van der Waals surface area contributed by atoms with E-state index in [-0.39, 0.29) is 0 Å². The van der Waals surface area contributed by atoms with Crippen molar-refractivity contribution in [3.05, 3.63) is 28.9 Å². The van der Waals surface area contributed by atoms with Crippen LogP contribution in [0.4, 0.5) is 0 Å². The van der Waals surface area contributed by atoms with Crippen LogP contribution < -0.4 is 4.74 Å². The Labute approximate surface area is 99.6 Å². The zero-order valence-electron chi connectivity index (χ0n) is 9.14. The first kappa shape index (κ1) is 10.0. The Morgan fingerprint density at radius 1 is 1.50 bits per heavy atom. The number of H-pyrrole nitrogens is 1. The largest absolute Gasteiger partial charge is 0.492 e. The Bertz CT molecular complexity index is 528. The Hall–Kier alpha value is -1.15. The summed E-state index contributed by atoms with van der Waals surface area (Å²) in [7, 11) is 0. The van der Waals surface area contributed by atoms with Gasteiger partial charge in [-0.15, -0.1) is 0 Å². The van der Waals surface area contributed by atoms with Crippen molar-refractivity contribution in [3.63, 3.8) is 0 Å². The third-order valence-corrected chi connectivity index (χ3v) is 3.38. The number of benzene rings is 1. The average Bonchev–Trinajstić information content (AvgIpc) is 3.06. The number of hydrogen-bond acceptors (Lipinski definition) is 1. The summed E-state index contributed by atoms with van der Waals surface area (Å²) in [6.45, 7) is 2.63. The summed E-state index contributed by atoms with van der Waals surface area (Å²) in [6, 6.07) is 6.85. The van der Waals surface area contributed by atoms with E-state index in [1.807, 2.05) is 19.1 Å². The van der Waals surface area contributed by atoms with Gasteiger partial charge >= 0.3 is 0 Å². The van der Waals surface area contributed by atoms with Gasteiger partial charge < -0.3 is 9.72 Å². The van der Waals surface area contributed by atoms with E-state index >= 15 is 0 Å². The molecule has 0 amide bonds. The van der Waals surface area contributed by atoms with Crippen LogP contribution in [0.2, 0.25) is 5.02 Å². The summed E-state index contributed by atoms with van der Waals surface area (Å²) in [6.07, 6.45) is 2.47. The number of hydrogen-bond donors (Lipinski definition) is 1. The number of fused-ring (bicyclic) bond motifs is 1. The molecule has 1 fully saturated rings. The molecular weight excluding hydrogens is 222 g/mol. The topological polar surface area (TPSA) is 25.0 Å². The summed E-state index contributed by atoms with van der Waals surface area (Å²) in [5.41, 5.74) is 2.17. The Morgan fingerprint density at radius 2 is 2.31 bits per heavy atom. The normalized spacial score (nSPS) is 15.6. The van der Waals surface area contributed by atoms with Gasteiger partial charge in [-0.1, -0.05) is 11.6 Å². The third-order valence-electron chi connectivity index (χ3n) is 2.98. The maximum absolute atomic E-state index is 6.36. The van der Waals surface area contributed by atoms with Gasteiger partial charge in [-0.3, -0.25) is 0 Å². The fourth-order valence-corrected chi connectivity index (χ4v) is 2.39. The van der Waals surface area contributed by atoms with Crippen LogP contribution in [-0.2, 0) is 0 Å². The van der Waals surface area contributed by atoms with Crippen molar-refractivity contribution < 1.29 is 4.74 Å². The van der Waals surface area contributed by atoms with Crippen molar-refractivity contribution in [2.24, 2.45) is 0 Å². The first-order valence-electron chi connectivity index (χ1n) is 5.65. The molecule has 0 aliphatic heterocycles. The second-order valence-electron chi connectivity index (χ2n) is 4.17. The van der Waals surface area contributed by atoms with E-state index in [0.717, 1.165) is 27.4 Å². The fraction of sp³-hybridized carbons (Fsp3) is 0.385. The first-order valence-corrected chi connectivity index (χ1v) is 6.03. The van der Waals surface area contributed by atoms with E-state index in [2.05, 4.69) is 11.1 Å². The molecule has 2 nitrogen and oxygen atoms in total.